The quantitative estimate of drug-likeness (QED) is 0.856. The Morgan fingerprint density at radius 2 is 2.33 bits per heavy atom. The molecule has 2 N–H and O–H groups in total. The molecule has 1 aromatic rings. The Kier molecular flexibility index (Phi) is 5.14. The molecule has 1 unspecified atom stereocenters. The van der Waals surface area contributed by atoms with Crippen molar-refractivity contribution in [2.75, 3.05) is 25.5 Å². The number of hydrogen-bond donors (Lipinski definition) is 2. The number of likely N-dealkylation sites (N-methyl/N-ethyl adjacent to an activating group) is 1. The molecule has 0 radical (unpaired) electrons. The highest BCUT2D eigenvalue weighted by Gasteiger charge is 2.25. The highest BCUT2D eigenvalue weighted by molar-refractivity contribution is 5.99. The zero-order chi connectivity index (χ0) is 15.2. The van der Waals surface area contributed by atoms with E-state index in [-0.39, 0.29) is 17.9 Å². The minimum atomic E-state index is -0.144. The molecule has 21 heavy (non-hydrogen) atoms. The van der Waals surface area contributed by atoms with Gasteiger partial charge in [-0.3, -0.25) is 9.59 Å². The van der Waals surface area contributed by atoms with Crippen molar-refractivity contribution in [1.29, 1.82) is 0 Å². The second-order valence-corrected chi connectivity index (χ2v) is 5.31. The summed E-state index contributed by atoms with van der Waals surface area (Å²) in [5, 5.41) is 6.15. The van der Waals surface area contributed by atoms with E-state index in [2.05, 4.69) is 22.5 Å². The predicted octanol–water partition coefficient (Wildman–Crippen LogP) is 1.25. The molecule has 0 spiro atoms. The van der Waals surface area contributed by atoms with Gasteiger partial charge in [-0.05, 0) is 25.0 Å². The second kappa shape index (κ2) is 7.06. The minimum Gasteiger partial charge on any atom is -0.369 e. The van der Waals surface area contributed by atoms with Gasteiger partial charge in [-0.1, -0.05) is 6.92 Å². The first-order chi connectivity index (χ1) is 10.1. The Morgan fingerprint density at radius 3 is 3.05 bits per heavy atom. The fraction of sp³-hybridized carbons (Fsp3) is 0.533. The third-order valence-corrected chi connectivity index (χ3v) is 3.56. The van der Waals surface area contributed by atoms with E-state index in [0.29, 0.717) is 30.8 Å². The van der Waals surface area contributed by atoms with E-state index in [1.54, 1.807) is 30.3 Å². The summed E-state index contributed by atoms with van der Waals surface area (Å²) in [7, 11) is 1.76. The Labute approximate surface area is 124 Å². The maximum atomic E-state index is 12.4. The molecule has 1 atom stereocenters. The summed E-state index contributed by atoms with van der Waals surface area (Å²) in [6.45, 7) is 3.39. The number of nitrogens with zero attached hydrogens (tertiary/aromatic N) is 2. The average Bonchev–Trinajstić information content (AvgIpc) is 2.49. The summed E-state index contributed by atoms with van der Waals surface area (Å²) in [4.78, 5) is 29.7. The molecular weight excluding hydrogens is 268 g/mol. The van der Waals surface area contributed by atoms with Crippen LogP contribution in [-0.4, -0.2) is 47.9 Å². The number of nitrogens with one attached hydrogen (secondary N) is 2. The highest BCUT2D eigenvalue weighted by atomic mass is 16.2. The Hall–Kier alpha value is -2.11. The van der Waals surface area contributed by atoms with Crippen LogP contribution >= 0.6 is 0 Å². The molecule has 2 amide bonds. The van der Waals surface area contributed by atoms with Crippen molar-refractivity contribution in [3.8, 4) is 0 Å². The maximum absolute atomic E-state index is 12.4. The van der Waals surface area contributed by atoms with E-state index in [9.17, 15) is 9.59 Å². The molecule has 1 saturated heterocycles. The zero-order valence-corrected chi connectivity index (χ0v) is 12.6. The van der Waals surface area contributed by atoms with E-state index in [1.165, 1.54) is 0 Å². The smallest absolute Gasteiger partial charge is 0.255 e. The minimum absolute atomic E-state index is 0.000527. The number of amides is 2. The molecule has 1 aliphatic heterocycles. The van der Waals surface area contributed by atoms with Crippen LogP contribution in [0.15, 0.2) is 18.3 Å². The predicted molar refractivity (Wildman–Crippen MR) is 81.1 cm³/mol. The largest absolute Gasteiger partial charge is 0.369 e. The number of carbonyl (C=O) groups is 2. The van der Waals surface area contributed by atoms with Gasteiger partial charge >= 0.3 is 0 Å². The number of piperidine rings is 1. The molecular formula is C15H22N4O2. The van der Waals surface area contributed by atoms with Crippen LogP contribution in [-0.2, 0) is 4.79 Å². The maximum Gasteiger partial charge on any atom is 0.255 e. The lowest BCUT2D eigenvalue weighted by atomic mass is 10.1. The first kappa shape index (κ1) is 15.3. The van der Waals surface area contributed by atoms with Crippen molar-refractivity contribution in [2.45, 2.75) is 32.2 Å². The van der Waals surface area contributed by atoms with Crippen molar-refractivity contribution >= 4 is 17.6 Å². The van der Waals surface area contributed by atoms with Crippen molar-refractivity contribution in [1.82, 2.24) is 15.2 Å². The number of hydrogen-bond acceptors (Lipinski definition) is 4. The van der Waals surface area contributed by atoms with Gasteiger partial charge in [0.2, 0.25) is 5.91 Å². The van der Waals surface area contributed by atoms with Gasteiger partial charge in [-0.25, -0.2) is 4.98 Å². The molecule has 6 nitrogen and oxygen atoms in total. The van der Waals surface area contributed by atoms with Gasteiger partial charge in [0.25, 0.3) is 5.91 Å². The number of aromatic nitrogens is 1. The van der Waals surface area contributed by atoms with Gasteiger partial charge in [0.1, 0.15) is 5.82 Å². The number of carbonyl (C=O) groups excluding carboxylic acids is 2. The van der Waals surface area contributed by atoms with Gasteiger partial charge in [-0.2, -0.15) is 0 Å². The summed E-state index contributed by atoms with van der Waals surface area (Å²) < 4.78 is 0. The van der Waals surface area contributed by atoms with Crippen molar-refractivity contribution in [3.63, 3.8) is 0 Å². The van der Waals surface area contributed by atoms with Crippen molar-refractivity contribution < 1.29 is 9.59 Å². The van der Waals surface area contributed by atoms with Crippen LogP contribution < -0.4 is 10.6 Å². The monoisotopic (exact) mass is 290 g/mol. The van der Waals surface area contributed by atoms with Crippen molar-refractivity contribution in [3.05, 3.63) is 23.9 Å². The lowest BCUT2D eigenvalue weighted by molar-refractivity contribution is -0.132. The summed E-state index contributed by atoms with van der Waals surface area (Å²) in [5.41, 5.74) is 0.547. The van der Waals surface area contributed by atoms with Gasteiger partial charge < -0.3 is 15.5 Å². The average molecular weight is 290 g/mol. The molecule has 1 aliphatic rings. The van der Waals surface area contributed by atoms with Crippen LogP contribution in [0.4, 0.5) is 5.82 Å². The Bertz CT molecular complexity index is 518. The normalized spacial score (nSPS) is 18.5. The zero-order valence-electron chi connectivity index (χ0n) is 12.6. The lowest BCUT2D eigenvalue weighted by Crippen LogP contribution is -2.48. The molecule has 2 heterocycles. The lowest BCUT2D eigenvalue weighted by Gasteiger charge is -2.30. The summed E-state index contributed by atoms with van der Waals surface area (Å²) in [6, 6.07) is 3.51. The number of likely N-dealkylation sites (tertiary alicyclic amines) is 1. The number of pyridine rings is 1. The van der Waals surface area contributed by atoms with Crippen LogP contribution in [0.1, 0.15) is 36.5 Å². The third kappa shape index (κ3) is 3.93. The second-order valence-electron chi connectivity index (χ2n) is 5.31. The fourth-order valence-electron chi connectivity index (χ4n) is 2.37. The molecule has 0 aliphatic carbocycles. The summed E-state index contributed by atoms with van der Waals surface area (Å²) >= 11 is 0. The number of rotatable bonds is 5. The standard InChI is InChI=1S/C15H22N4O2/c1-3-8-16-14-12(5-4-9-17-14)15(21)18-11-6-7-13(20)19(2)10-11/h4-5,9,11H,3,6-8,10H2,1-2H3,(H,16,17)(H,18,21). The molecule has 0 aromatic carbocycles. The SMILES string of the molecule is CCCNc1ncccc1C(=O)NC1CCC(=O)N(C)C1. The molecule has 1 fully saturated rings. The molecule has 6 heteroatoms. The Balaban J connectivity index is 2.01. The molecule has 2 rings (SSSR count). The van der Waals surface area contributed by atoms with Crippen LogP contribution in [0, 0.1) is 0 Å². The van der Waals surface area contributed by atoms with Crippen LogP contribution in [0.3, 0.4) is 0 Å². The Morgan fingerprint density at radius 1 is 1.52 bits per heavy atom. The molecule has 1 aromatic heterocycles. The van der Waals surface area contributed by atoms with Crippen LogP contribution in [0.2, 0.25) is 0 Å². The highest BCUT2D eigenvalue weighted by Crippen LogP contribution is 2.14. The topological polar surface area (TPSA) is 74.3 Å². The van der Waals surface area contributed by atoms with Crippen LogP contribution in [0.5, 0.6) is 0 Å². The first-order valence-corrected chi connectivity index (χ1v) is 7.35. The van der Waals surface area contributed by atoms with E-state index in [1.807, 2.05) is 0 Å². The van der Waals surface area contributed by atoms with E-state index < -0.39 is 0 Å². The molecule has 0 bridgehead atoms. The summed E-state index contributed by atoms with van der Waals surface area (Å²) in [6.07, 6.45) is 3.80. The first-order valence-electron chi connectivity index (χ1n) is 7.35. The summed E-state index contributed by atoms with van der Waals surface area (Å²) in [5.74, 6) is 0.596. The number of anilines is 1. The van der Waals surface area contributed by atoms with E-state index >= 15 is 0 Å². The molecule has 114 valence electrons. The molecule has 0 saturated carbocycles. The van der Waals surface area contributed by atoms with Gasteiger partial charge in [-0.15, -0.1) is 0 Å². The van der Waals surface area contributed by atoms with E-state index in [4.69, 9.17) is 0 Å². The van der Waals surface area contributed by atoms with Crippen molar-refractivity contribution in [2.24, 2.45) is 0 Å². The van der Waals surface area contributed by atoms with Crippen LogP contribution in [0.25, 0.3) is 0 Å². The van der Waals surface area contributed by atoms with Gasteiger partial charge in [0.05, 0.1) is 5.56 Å². The van der Waals surface area contributed by atoms with Gasteiger partial charge in [0, 0.05) is 38.8 Å². The van der Waals surface area contributed by atoms with Gasteiger partial charge in [0.15, 0.2) is 0 Å². The third-order valence-electron chi connectivity index (χ3n) is 3.56. The van der Waals surface area contributed by atoms with E-state index in [0.717, 1.165) is 13.0 Å². The fourth-order valence-corrected chi connectivity index (χ4v) is 2.37.